The highest BCUT2D eigenvalue weighted by atomic mass is 32.1. The van der Waals surface area contributed by atoms with Crippen molar-refractivity contribution in [2.45, 2.75) is 38.1 Å². The van der Waals surface area contributed by atoms with Crippen LogP contribution in [0.3, 0.4) is 0 Å². The van der Waals surface area contributed by atoms with Crippen molar-refractivity contribution in [1.82, 2.24) is 29.3 Å². The molecule has 8 rings (SSSR count). The molecule has 6 aromatic rings. The van der Waals surface area contributed by atoms with Crippen LogP contribution in [0, 0.1) is 11.6 Å². The maximum Gasteiger partial charge on any atom is 0.335 e. The Kier molecular flexibility index (Phi) is 7.90. The van der Waals surface area contributed by atoms with E-state index in [1.165, 1.54) is 17.4 Å². The van der Waals surface area contributed by atoms with E-state index in [1.54, 1.807) is 42.7 Å². The lowest BCUT2D eigenvalue weighted by atomic mass is 10.0. The van der Waals surface area contributed by atoms with Crippen LogP contribution < -0.4 is 4.74 Å². The van der Waals surface area contributed by atoms with Gasteiger partial charge in [-0.25, -0.2) is 28.5 Å². The summed E-state index contributed by atoms with van der Waals surface area (Å²) >= 11 is 1.48. The SMILES string of the molecule is O=C(O)c1ccc2nc(Cc3cc(F)c(-c4cccc(OCc5ncc(-c6cnn(C7COC7)c6)s5)n4)cc3F)n(CC3CCO3)c2c1. The van der Waals surface area contributed by atoms with Crippen LogP contribution in [0.4, 0.5) is 8.78 Å². The molecule has 1 atom stereocenters. The number of pyridine rings is 1. The molecule has 0 radical (unpaired) electrons. The van der Waals surface area contributed by atoms with Gasteiger partial charge >= 0.3 is 5.97 Å². The van der Waals surface area contributed by atoms with Gasteiger partial charge in [-0.05, 0) is 48.4 Å². The zero-order valence-corrected chi connectivity index (χ0v) is 26.2. The number of carboxylic acids is 1. The van der Waals surface area contributed by atoms with Crippen LogP contribution in [0.5, 0.6) is 5.88 Å². The first-order valence-corrected chi connectivity index (χ1v) is 16.2. The van der Waals surface area contributed by atoms with E-state index in [2.05, 4.69) is 20.1 Å². The van der Waals surface area contributed by atoms with Gasteiger partial charge in [-0.15, -0.1) is 11.3 Å². The summed E-state index contributed by atoms with van der Waals surface area (Å²) in [5.74, 6) is -1.59. The number of thiazole rings is 1. The fourth-order valence-electron chi connectivity index (χ4n) is 5.70. The zero-order valence-electron chi connectivity index (χ0n) is 25.4. The molecule has 14 heteroatoms. The molecule has 0 saturated carbocycles. The first-order valence-electron chi connectivity index (χ1n) is 15.4. The second-order valence-corrected chi connectivity index (χ2v) is 12.8. The van der Waals surface area contributed by atoms with Gasteiger partial charge in [-0.2, -0.15) is 5.10 Å². The normalized spacial score (nSPS) is 16.2. The number of hydrogen-bond acceptors (Lipinski definition) is 9. The van der Waals surface area contributed by atoms with Crippen LogP contribution in [0.25, 0.3) is 32.7 Å². The lowest BCUT2D eigenvalue weighted by molar-refractivity contribution is -0.0589. The fraction of sp³-hybridized carbons (Fsp3) is 0.265. The number of aromatic carboxylic acids is 1. The minimum atomic E-state index is -1.06. The number of aromatic nitrogens is 6. The third kappa shape index (κ3) is 5.93. The van der Waals surface area contributed by atoms with Crippen molar-refractivity contribution < 1.29 is 32.9 Å². The van der Waals surface area contributed by atoms with Gasteiger partial charge in [0.25, 0.3) is 0 Å². The number of hydrogen-bond donors (Lipinski definition) is 1. The summed E-state index contributed by atoms with van der Waals surface area (Å²) in [5.41, 5.74) is 2.57. The van der Waals surface area contributed by atoms with Crippen molar-refractivity contribution in [2.75, 3.05) is 19.8 Å². The Bertz CT molecular complexity index is 2160. The quantitative estimate of drug-likeness (QED) is 0.179. The number of fused-ring (bicyclic) bond motifs is 1. The van der Waals surface area contributed by atoms with E-state index >= 15 is 8.78 Å². The summed E-state index contributed by atoms with van der Waals surface area (Å²) in [7, 11) is 0. The van der Waals surface area contributed by atoms with Crippen LogP contribution in [-0.2, 0) is 29.0 Å². The molecule has 0 aliphatic carbocycles. The monoisotopic (exact) mass is 670 g/mol. The molecule has 2 aliphatic rings. The van der Waals surface area contributed by atoms with Crippen LogP contribution in [-0.4, -0.2) is 66.3 Å². The summed E-state index contributed by atoms with van der Waals surface area (Å²) in [6.45, 7) is 2.55. The molecule has 0 amide bonds. The van der Waals surface area contributed by atoms with Crippen LogP contribution >= 0.6 is 11.3 Å². The first kappa shape index (κ1) is 30.3. The summed E-state index contributed by atoms with van der Waals surface area (Å²) in [4.78, 5) is 26.1. The molecule has 4 aromatic heterocycles. The Morgan fingerprint density at radius 2 is 1.96 bits per heavy atom. The Morgan fingerprint density at radius 1 is 1.08 bits per heavy atom. The van der Waals surface area contributed by atoms with Gasteiger partial charge in [0, 0.05) is 42.6 Å². The zero-order chi connectivity index (χ0) is 32.8. The predicted octanol–water partition coefficient (Wildman–Crippen LogP) is 5.92. The smallest absolute Gasteiger partial charge is 0.335 e. The van der Waals surface area contributed by atoms with Gasteiger partial charge in [0.2, 0.25) is 5.88 Å². The fourth-order valence-corrected chi connectivity index (χ4v) is 6.50. The number of ether oxygens (including phenoxy) is 3. The van der Waals surface area contributed by atoms with Crippen molar-refractivity contribution >= 4 is 28.3 Å². The maximum atomic E-state index is 15.6. The van der Waals surface area contributed by atoms with Crippen LogP contribution in [0.1, 0.15) is 39.2 Å². The molecule has 0 spiro atoms. The summed E-state index contributed by atoms with van der Waals surface area (Å²) < 4.78 is 51.6. The minimum absolute atomic E-state index is 0.00496. The molecule has 6 heterocycles. The molecule has 0 bridgehead atoms. The number of nitrogens with zero attached hydrogens (tertiary/aromatic N) is 6. The van der Waals surface area contributed by atoms with E-state index in [0.717, 1.165) is 34.0 Å². The van der Waals surface area contributed by atoms with Gasteiger partial charge < -0.3 is 23.9 Å². The van der Waals surface area contributed by atoms with Gasteiger partial charge in [-0.3, -0.25) is 4.68 Å². The predicted molar refractivity (Wildman–Crippen MR) is 171 cm³/mol. The molecule has 2 fully saturated rings. The first-order chi connectivity index (χ1) is 23.4. The van der Waals surface area contributed by atoms with E-state index in [-0.39, 0.29) is 53.4 Å². The number of halogens is 2. The number of benzene rings is 2. The standard InChI is InChI=1S/C34H28F2N6O5S/c35-25-11-24(26(36)8-20(25)10-31-39-28-5-4-19(34(43)44)9-29(28)41(31)15-23-6-7-46-23)27-2-1-3-32(40-27)47-18-33-37-13-30(48-33)21-12-38-42(14-21)22-16-45-17-22/h1-5,8-9,11-14,22-23H,6-7,10,15-18H2,(H,43,44). The molecular formula is C34H28F2N6O5S. The minimum Gasteiger partial charge on any atom is -0.478 e. The second-order valence-electron chi connectivity index (χ2n) is 11.7. The van der Waals surface area contributed by atoms with Gasteiger partial charge in [0.1, 0.15) is 29.1 Å². The average Bonchev–Trinajstić information content (AvgIpc) is 3.78. The number of imidazole rings is 1. The lowest BCUT2D eigenvalue weighted by Gasteiger charge is -2.27. The van der Waals surface area contributed by atoms with Crippen molar-refractivity contribution in [2.24, 2.45) is 0 Å². The molecule has 2 saturated heterocycles. The van der Waals surface area contributed by atoms with Gasteiger partial charge in [0.15, 0.2) is 0 Å². The largest absolute Gasteiger partial charge is 0.478 e. The average molecular weight is 671 g/mol. The number of carbonyl (C=O) groups is 1. The molecule has 244 valence electrons. The Labute approximate surface area is 276 Å². The highest BCUT2D eigenvalue weighted by molar-refractivity contribution is 7.15. The Hall–Kier alpha value is -5.05. The number of rotatable bonds is 11. The van der Waals surface area contributed by atoms with E-state index in [0.29, 0.717) is 43.2 Å². The second kappa shape index (κ2) is 12.5. The molecular weight excluding hydrogens is 642 g/mol. The van der Waals surface area contributed by atoms with E-state index < -0.39 is 17.6 Å². The van der Waals surface area contributed by atoms with E-state index in [4.69, 9.17) is 14.2 Å². The molecule has 2 aromatic carbocycles. The highest BCUT2D eigenvalue weighted by Gasteiger charge is 2.24. The molecule has 1 N–H and O–H groups in total. The highest BCUT2D eigenvalue weighted by Crippen LogP contribution is 2.31. The molecule has 2 aliphatic heterocycles. The van der Waals surface area contributed by atoms with Crippen LogP contribution in [0.15, 0.2) is 67.1 Å². The van der Waals surface area contributed by atoms with Crippen molar-refractivity contribution in [1.29, 1.82) is 0 Å². The van der Waals surface area contributed by atoms with Crippen LogP contribution in [0.2, 0.25) is 0 Å². The lowest BCUT2D eigenvalue weighted by Crippen LogP contribution is -2.31. The summed E-state index contributed by atoms with van der Waals surface area (Å²) in [5, 5.41) is 14.7. The third-order valence-corrected chi connectivity index (χ3v) is 9.54. The molecule has 48 heavy (non-hydrogen) atoms. The Balaban J connectivity index is 0.992. The summed E-state index contributed by atoms with van der Waals surface area (Å²) in [6.07, 6.45) is 6.34. The topological polar surface area (TPSA) is 126 Å². The van der Waals surface area contributed by atoms with Gasteiger partial charge in [-0.1, -0.05) is 6.07 Å². The molecule has 1 unspecified atom stereocenters. The van der Waals surface area contributed by atoms with Crippen molar-refractivity contribution in [3.05, 3.63) is 101 Å². The van der Waals surface area contributed by atoms with Crippen molar-refractivity contribution in [3.8, 4) is 27.6 Å². The third-order valence-electron chi connectivity index (χ3n) is 8.52. The molecule has 11 nitrogen and oxygen atoms in total. The maximum absolute atomic E-state index is 15.6. The van der Waals surface area contributed by atoms with Crippen molar-refractivity contribution in [3.63, 3.8) is 0 Å². The van der Waals surface area contributed by atoms with E-state index in [9.17, 15) is 9.90 Å². The summed E-state index contributed by atoms with van der Waals surface area (Å²) in [6, 6.07) is 12.1. The van der Waals surface area contributed by atoms with E-state index in [1.807, 2.05) is 15.4 Å². The number of carboxylic acid groups (broad SMARTS) is 1. The Morgan fingerprint density at radius 3 is 2.73 bits per heavy atom. The van der Waals surface area contributed by atoms with Gasteiger partial charge in [0.05, 0.1) is 65.3 Å².